The molecule has 0 bridgehead atoms. The number of hydrogen-bond acceptors (Lipinski definition) is 5. The van der Waals surface area contributed by atoms with Crippen LogP contribution >= 0.6 is 0 Å². The standard InChI is InChI=1S/C15H18O5/c1-9(15(17)19-3)14-10-6-4-5-7-11(10)20-12(14)8-13(16)18-2/h4-7,9,12,14H,8H2,1-3H3. The van der Waals surface area contributed by atoms with E-state index in [1.54, 1.807) is 6.92 Å². The fourth-order valence-corrected chi connectivity index (χ4v) is 2.64. The van der Waals surface area contributed by atoms with Gasteiger partial charge in [0.05, 0.1) is 26.6 Å². The zero-order valence-electron chi connectivity index (χ0n) is 11.8. The zero-order chi connectivity index (χ0) is 14.7. The minimum absolute atomic E-state index is 0.108. The van der Waals surface area contributed by atoms with Gasteiger partial charge in [-0.3, -0.25) is 9.59 Å². The van der Waals surface area contributed by atoms with Crippen LogP contribution in [0.15, 0.2) is 24.3 Å². The predicted octanol–water partition coefficient (Wildman–Crippen LogP) is 1.90. The highest BCUT2D eigenvalue weighted by atomic mass is 16.5. The van der Waals surface area contributed by atoms with Crippen LogP contribution in [0.2, 0.25) is 0 Å². The van der Waals surface area contributed by atoms with Crippen molar-refractivity contribution in [3.05, 3.63) is 29.8 Å². The smallest absolute Gasteiger partial charge is 0.309 e. The van der Waals surface area contributed by atoms with Gasteiger partial charge in [0.2, 0.25) is 0 Å². The van der Waals surface area contributed by atoms with Crippen LogP contribution in [0.5, 0.6) is 5.75 Å². The van der Waals surface area contributed by atoms with Gasteiger partial charge in [-0.05, 0) is 6.07 Å². The van der Waals surface area contributed by atoms with E-state index in [0.717, 1.165) is 5.56 Å². The number of methoxy groups -OCH3 is 2. The molecule has 5 nitrogen and oxygen atoms in total. The van der Waals surface area contributed by atoms with E-state index in [1.807, 2.05) is 24.3 Å². The number of benzene rings is 1. The Bertz CT molecular complexity index is 511. The van der Waals surface area contributed by atoms with Gasteiger partial charge in [-0.25, -0.2) is 0 Å². The Morgan fingerprint density at radius 2 is 1.95 bits per heavy atom. The lowest BCUT2D eigenvalue weighted by molar-refractivity contribution is -0.148. The molecular formula is C15H18O5. The Labute approximate surface area is 117 Å². The Hall–Kier alpha value is -2.04. The van der Waals surface area contributed by atoms with Crippen LogP contribution in [0.1, 0.15) is 24.8 Å². The minimum atomic E-state index is -0.408. The number of rotatable bonds is 4. The van der Waals surface area contributed by atoms with Crippen molar-refractivity contribution < 1.29 is 23.8 Å². The lowest BCUT2D eigenvalue weighted by Gasteiger charge is -2.22. The Kier molecular flexibility index (Phi) is 4.27. The summed E-state index contributed by atoms with van der Waals surface area (Å²) in [7, 11) is 2.69. The number of para-hydroxylation sites is 1. The topological polar surface area (TPSA) is 61.8 Å². The molecule has 0 fully saturated rings. The van der Waals surface area contributed by atoms with E-state index in [0.29, 0.717) is 5.75 Å². The molecule has 1 aliphatic heterocycles. The van der Waals surface area contributed by atoms with E-state index in [4.69, 9.17) is 14.2 Å². The number of esters is 2. The fraction of sp³-hybridized carbons (Fsp3) is 0.467. The van der Waals surface area contributed by atoms with E-state index in [2.05, 4.69) is 0 Å². The summed E-state index contributed by atoms with van der Waals surface area (Å²) >= 11 is 0. The molecule has 0 aromatic heterocycles. The van der Waals surface area contributed by atoms with Crippen molar-refractivity contribution in [2.24, 2.45) is 5.92 Å². The Morgan fingerprint density at radius 3 is 2.60 bits per heavy atom. The van der Waals surface area contributed by atoms with Crippen molar-refractivity contribution in [1.29, 1.82) is 0 Å². The molecule has 1 aromatic carbocycles. The van der Waals surface area contributed by atoms with Gasteiger partial charge in [-0.1, -0.05) is 25.1 Å². The van der Waals surface area contributed by atoms with Crippen LogP contribution in [0.3, 0.4) is 0 Å². The maximum Gasteiger partial charge on any atom is 0.309 e. The summed E-state index contributed by atoms with van der Waals surface area (Å²) in [5.74, 6) is -0.562. The molecule has 3 atom stereocenters. The fourth-order valence-electron chi connectivity index (χ4n) is 2.64. The summed E-state index contributed by atoms with van der Waals surface area (Å²) in [6.07, 6.45) is -0.300. The van der Waals surface area contributed by atoms with E-state index < -0.39 is 12.0 Å². The first kappa shape index (κ1) is 14.4. The molecule has 20 heavy (non-hydrogen) atoms. The van der Waals surface area contributed by atoms with Crippen LogP contribution in [-0.4, -0.2) is 32.3 Å². The molecule has 0 saturated heterocycles. The molecular weight excluding hydrogens is 260 g/mol. The van der Waals surface area contributed by atoms with Crippen molar-refractivity contribution in [2.45, 2.75) is 25.4 Å². The summed E-state index contributed by atoms with van der Waals surface area (Å²) < 4.78 is 15.3. The summed E-state index contributed by atoms with van der Waals surface area (Å²) in [6.45, 7) is 1.78. The van der Waals surface area contributed by atoms with Gasteiger partial charge in [0.1, 0.15) is 11.9 Å². The van der Waals surface area contributed by atoms with Crippen LogP contribution in [0, 0.1) is 5.92 Å². The third-order valence-corrected chi connectivity index (χ3v) is 3.66. The maximum atomic E-state index is 11.8. The Morgan fingerprint density at radius 1 is 1.25 bits per heavy atom. The second-order valence-electron chi connectivity index (χ2n) is 4.81. The minimum Gasteiger partial charge on any atom is -0.489 e. The van der Waals surface area contributed by atoms with Crippen molar-refractivity contribution in [3.63, 3.8) is 0 Å². The van der Waals surface area contributed by atoms with Crippen LogP contribution in [0.4, 0.5) is 0 Å². The summed E-state index contributed by atoms with van der Waals surface area (Å²) in [4.78, 5) is 23.3. The molecule has 1 aromatic rings. The third-order valence-electron chi connectivity index (χ3n) is 3.66. The molecule has 2 rings (SSSR count). The molecule has 0 saturated carbocycles. The molecule has 0 aliphatic carbocycles. The first-order valence-electron chi connectivity index (χ1n) is 6.48. The van der Waals surface area contributed by atoms with Gasteiger partial charge >= 0.3 is 11.9 Å². The maximum absolute atomic E-state index is 11.8. The van der Waals surface area contributed by atoms with Crippen molar-refractivity contribution in [1.82, 2.24) is 0 Å². The number of fused-ring (bicyclic) bond motifs is 1. The SMILES string of the molecule is COC(=O)CC1Oc2ccccc2C1C(C)C(=O)OC. The average molecular weight is 278 g/mol. The van der Waals surface area contributed by atoms with Gasteiger partial charge in [0.25, 0.3) is 0 Å². The third kappa shape index (κ3) is 2.61. The number of carbonyl (C=O) groups is 2. The quantitative estimate of drug-likeness (QED) is 0.787. The normalized spacial score (nSPS) is 21.6. The number of ether oxygens (including phenoxy) is 3. The number of carbonyl (C=O) groups excluding carboxylic acids is 2. The molecule has 108 valence electrons. The van der Waals surface area contributed by atoms with Gasteiger partial charge in [-0.15, -0.1) is 0 Å². The van der Waals surface area contributed by atoms with Crippen LogP contribution < -0.4 is 4.74 Å². The van der Waals surface area contributed by atoms with Crippen LogP contribution in [-0.2, 0) is 19.1 Å². The number of hydrogen-bond donors (Lipinski definition) is 0. The molecule has 1 aliphatic rings. The molecule has 5 heteroatoms. The van der Waals surface area contributed by atoms with Crippen molar-refractivity contribution in [2.75, 3.05) is 14.2 Å². The summed E-state index contributed by atoms with van der Waals surface area (Å²) in [5, 5.41) is 0. The molecule has 0 radical (unpaired) electrons. The predicted molar refractivity (Wildman–Crippen MR) is 71.4 cm³/mol. The van der Waals surface area contributed by atoms with E-state index in [-0.39, 0.29) is 24.3 Å². The zero-order valence-corrected chi connectivity index (χ0v) is 11.8. The average Bonchev–Trinajstić information content (AvgIpc) is 2.83. The van der Waals surface area contributed by atoms with Crippen molar-refractivity contribution in [3.8, 4) is 5.75 Å². The first-order chi connectivity index (χ1) is 9.58. The highest BCUT2D eigenvalue weighted by Gasteiger charge is 2.42. The highest BCUT2D eigenvalue weighted by Crippen LogP contribution is 2.43. The second-order valence-corrected chi connectivity index (χ2v) is 4.81. The Balaban J connectivity index is 2.30. The first-order valence-corrected chi connectivity index (χ1v) is 6.48. The van der Waals surface area contributed by atoms with Gasteiger partial charge in [0, 0.05) is 11.5 Å². The molecule has 0 amide bonds. The lowest BCUT2D eigenvalue weighted by atomic mass is 9.83. The van der Waals surface area contributed by atoms with E-state index in [1.165, 1.54) is 14.2 Å². The van der Waals surface area contributed by atoms with Crippen molar-refractivity contribution >= 4 is 11.9 Å². The molecule has 1 heterocycles. The van der Waals surface area contributed by atoms with Crippen LogP contribution in [0.25, 0.3) is 0 Å². The lowest BCUT2D eigenvalue weighted by Crippen LogP contribution is -2.31. The van der Waals surface area contributed by atoms with Gasteiger partial charge in [0.15, 0.2) is 0 Å². The second kappa shape index (κ2) is 5.94. The van der Waals surface area contributed by atoms with E-state index >= 15 is 0 Å². The van der Waals surface area contributed by atoms with Gasteiger partial charge < -0.3 is 14.2 Å². The van der Waals surface area contributed by atoms with E-state index in [9.17, 15) is 9.59 Å². The summed E-state index contributed by atoms with van der Waals surface area (Å²) in [5.41, 5.74) is 0.930. The molecule has 0 N–H and O–H groups in total. The summed E-state index contributed by atoms with van der Waals surface area (Å²) in [6, 6.07) is 7.50. The monoisotopic (exact) mass is 278 g/mol. The van der Waals surface area contributed by atoms with Gasteiger partial charge in [-0.2, -0.15) is 0 Å². The molecule has 3 unspecified atom stereocenters. The highest BCUT2D eigenvalue weighted by molar-refractivity contribution is 5.75. The largest absolute Gasteiger partial charge is 0.489 e. The molecule has 0 spiro atoms.